The number of amides is 1. The Morgan fingerprint density at radius 3 is 2.41 bits per heavy atom. The first-order chi connectivity index (χ1) is 14.2. The predicted molar refractivity (Wildman–Crippen MR) is 111 cm³/mol. The molecule has 0 spiro atoms. The Hall–Kier alpha value is -3.41. The number of hydrogen-bond acceptors (Lipinski definition) is 5. The number of benzene rings is 2. The van der Waals surface area contributed by atoms with Crippen molar-refractivity contribution in [2.24, 2.45) is 0 Å². The fourth-order valence-corrected chi connectivity index (χ4v) is 3.44. The molecule has 6 nitrogen and oxygen atoms in total. The molecule has 4 rings (SSSR count). The first-order valence-corrected chi connectivity index (χ1v) is 9.68. The van der Waals surface area contributed by atoms with Crippen molar-refractivity contribution in [3.8, 4) is 11.5 Å². The van der Waals surface area contributed by atoms with E-state index in [0.29, 0.717) is 31.2 Å². The number of anilines is 1. The van der Waals surface area contributed by atoms with E-state index in [4.69, 9.17) is 13.9 Å². The van der Waals surface area contributed by atoms with Crippen LogP contribution in [0, 0.1) is 0 Å². The van der Waals surface area contributed by atoms with Gasteiger partial charge in [0, 0.05) is 26.2 Å². The van der Waals surface area contributed by atoms with Crippen LogP contribution in [-0.2, 0) is 6.61 Å². The molecule has 150 valence electrons. The highest BCUT2D eigenvalue weighted by atomic mass is 16.5. The number of ether oxygens (including phenoxy) is 2. The van der Waals surface area contributed by atoms with E-state index in [0.717, 1.165) is 30.3 Å². The van der Waals surface area contributed by atoms with Crippen molar-refractivity contribution < 1.29 is 18.7 Å². The Bertz CT molecular complexity index is 946. The SMILES string of the molecule is COc1ccccc1N1CCN(C(=O)c2ccc(COc3ccccc3)o2)CC1. The van der Waals surface area contributed by atoms with E-state index < -0.39 is 0 Å². The van der Waals surface area contributed by atoms with Crippen molar-refractivity contribution in [3.63, 3.8) is 0 Å². The number of hydrogen-bond donors (Lipinski definition) is 0. The topological polar surface area (TPSA) is 55.2 Å². The Labute approximate surface area is 170 Å². The number of carbonyl (C=O) groups excluding carboxylic acids is 1. The van der Waals surface area contributed by atoms with Crippen LogP contribution in [-0.4, -0.2) is 44.1 Å². The average Bonchev–Trinajstić information content (AvgIpc) is 3.27. The molecule has 1 aliphatic rings. The van der Waals surface area contributed by atoms with Crippen LogP contribution >= 0.6 is 0 Å². The van der Waals surface area contributed by atoms with Gasteiger partial charge in [0.15, 0.2) is 5.76 Å². The maximum atomic E-state index is 12.8. The predicted octanol–water partition coefficient (Wildman–Crippen LogP) is 3.83. The molecule has 1 amide bonds. The summed E-state index contributed by atoms with van der Waals surface area (Å²) < 4.78 is 16.8. The van der Waals surface area contributed by atoms with E-state index in [1.807, 2.05) is 59.5 Å². The Morgan fingerprint density at radius 2 is 1.66 bits per heavy atom. The minimum absolute atomic E-state index is 0.0874. The van der Waals surface area contributed by atoms with Gasteiger partial charge in [-0.05, 0) is 36.4 Å². The van der Waals surface area contributed by atoms with E-state index >= 15 is 0 Å². The molecule has 0 saturated carbocycles. The van der Waals surface area contributed by atoms with Crippen molar-refractivity contribution in [2.45, 2.75) is 6.61 Å². The van der Waals surface area contributed by atoms with Crippen LogP contribution in [0.4, 0.5) is 5.69 Å². The van der Waals surface area contributed by atoms with Crippen LogP contribution in [0.25, 0.3) is 0 Å². The zero-order valence-corrected chi connectivity index (χ0v) is 16.4. The molecule has 6 heteroatoms. The molecule has 0 N–H and O–H groups in total. The average molecular weight is 392 g/mol. The molecule has 0 radical (unpaired) electrons. The molecule has 1 saturated heterocycles. The van der Waals surface area contributed by atoms with E-state index in [9.17, 15) is 4.79 Å². The van der Waals surface area contributed by atoms with Crippen LogP contribution in [0.1, 0.15) is 16.3 Å². The van der Waals surface area contributed by atoms with Crippen LogP contribution in [0.5, 0.6) is 11.5 Å². The molecule has 3 aromatic rings. The summed E-state index contributed by atoms with van der Waals surface area (Å²) in [6, 6.07) is 21.0. The van der Waals surface area contributed by atoms with Crippen molar-refractivity contribution in [3.05, 3.63) is 78.3 Å². The molecule has 0 aliphatic carbocycles. The monoisotopic (exact) mass is 392 g/mol. The van der Waals surface area contributed by atoms with Gasteiger partial charge >= 0.3 is 0 Å². The Kier molecular flexibility index (Phi) is 5.70. The van der Waals surface area contributed by atoms with Crippen molar-refractivity contribution in [1.29, 1.82) is 0 Å². The number of para-hydroxylation sites is 3. The Balaban J connectivity index is 1.33. The van der Waals surface area contributed by atoms with Crippen LogP contribution in [0.3, 0.4) is 0 Å². The fraction of sp³-hybridized carbons (Fsp3) is 0.261. The molecule has 2 aromatic carbocycles. The van der Waals surface area contributed by atoms with Gasteiger partial charge in [-0.15, -0.1) is 0 Å². The first-order valence-electron chi connectivity index (χ1n) is 9.68. The first kappa shape index (κ1) is 18.9. The molecule has 0 bridgehead atoms. The summed E-state index contributed by atoms with van der Waals surface area (Å²) in [6.45, 7) is 3.05. The lowest BCUT2D eigenvalue weighted by Crippen LogP contribution is -2.48. The molecule has 1 aliphatic heterocycles. The minimum Gasteiger partial charge on any atom is -0.495 e. The van der Waals surface area contributed by atoms with Crippen molar-refractivity contribution in [2.75, 3.05) is 38.2 Å². The van der Waals surface area contributed by atoms with Crippen LogP contribution in [0.15, 0.2) is 71.1 Å². The largest absolute Gasteiger partial charge is 0.495 e. The molecule has 1 aromatic heterocycles. The summed E-state index contributed by atoms with van der Waals surface area (Å²) in [7, 11) is 1.68. The molecule has 1 fully saturated rings. The van der Waals surface area contributed by atoms with Gasteiger partial charge in [-0.25, -0.2) is 0 Å². The van der Waals surface area contributed by atoms with E-state index in [2.05, 4.69) is 4.90 Å². The van der Waals surface area contributed by atoms with Gasteiger partial charge in [-0.3, -0.25) is 4.79 Å². The highest BCUT2D eigenvalue weighted by Crippen LogP contribution is 2.28. The lowest BCUT2D eigenvalue weighted by atomic mass is 10.2. The molecule has 2 heterocycles. The number of nitrogens with zero attached hydrogens (tertiary/aromatic N) is 2. The third-order valence-electron chi connectivity index (χ3n) is 4.99. The maximum Gasteiger partial charge on any atom is 0.289 e. The van der Waals surface area contributed by atoms with E-state index in [1.165, 1.54) is 0 Å². The quantitative estimate of drug-likeness (QED) is 0.638. The molecule has 29 heavy (non-hydrogen) atoms. The normalized spacial score (nSPS) is 14.0. The summed E-state index contributed by atoms with van der Waals surface area (Å²) in [5.41, 5.74) is 1.06. The van der Waals surface area contributed by atoms with Gasteiger partial charge < -0.3 is 23.7 Å². The van der Waals surface area contributed by atoms with Crippen LogP contribution < -0.4 is 14.4 Å². The third-order valence-corrected chi connectivity index (χ3v) is 4.99. The zero-order chi connectivity index (χ0) is 20.1. The summed E-state index contributed by atoms with van der Waals surface area (Å²) >= 11 is 0. The van der Waals surface area contributed by atoms with E-state index in [1.54, 1.807) is 19.2 Å². The second kappa shape index (κ2) is 8.73. The standard InChI is InChI=1S/C23H24N2O4/c1-27-21-10-6-5-9-20(21)24-13-15-25(16-14-24)23(26)22-12-11-19(29-22)17-28-18-7-3-2-4-8-18/h2-12H,13-17H2,1H3. The Morgan fingerprint density at radius 1 is 0.931 bits per heavy atom. The summed E-state index contributed by atoms with van der Waals surface area (Å²) in [5.74, 6) is 2.51. The minimum atomic E-state index is -0.0874. The fourth-order valence-electron chi connectivity index (χ4n) is 3.44. The van der Waals surface area contributed by atoms with Gasteiger partial charge in [0.05, 0.1) is 12.8 Å². The van der Waals surface area contributed by atoms with Gasteiger partial charge in [0.25, 0.3) is 5.91 Å². The number of piperazine rings is 1. The molecular formula is C23H24N2O4. The highest BCUT2D eigenvalue weighted by Gasteiger charge is 2.25. The van der Waals surface area contributed by atoms with Gasteiger partial charge in [-0.2, -0.15) is 0 Å². The maximum absolute atomic E-state index is 12.8. The summed E-state index contributed by atoms with van der Waals surface area (Å²) in [6.07, 6.45) is 0. The van der Waals surface area contributed by atoms with Gasteiger partial charge in [-0.1, -0.05) is 30.3 Å². The highest BCUT2D eigenvalue weighted by molar-refractivity contribution is 5.91. The zero-order valence-electron chi connectivity index (χ0n) is 16.4. The van der Waals surface area contributed by atoms with E-state index in [-0.39, 0.29) is 5.91 Å². The van der Waals surface area contributed by atoms with Gasteiger partial charge in [0.2, 0.25) is 0 Å². The summed E-state index contributed by atoms with van der Waals surface area (Å²) in [5, 5.41) is 0. The summed E-state index contributed by atoms with van der Waals surface area (Å²) in [4.78, 5) is 16.9. The van der Waals surface area contributed by atoms with Crippen molar-refractivity contribution in [1.82, 2.24) is 4.90 Å². The lowest BCUT2D eigenvalue weighted by molar-refractivity contribution is 0.0710. The molecule has 0 atom stereocenters. The number of methoxy groups -OCH3 is 1. The lowest BCUT2D eigenvalue weighted by Gasteiger charge is -2.36. The number of rotatable bonds is 6. The van der Waals surface area contributed by atoms with Crippen LogP contribution in [0.2, 0.25) is 0 Å². The van der Waals surface area contributed by atoms with Crippen molar-refractivity contribution >= 4 is 11.6 Å². The third kappa shape index (κ3) is 4.37. The number of furan rings is 1. The second-order valence-electron chi connectivity index (χ2n) is 6.82. The molecule has 0 unspecified atom stereocenters. The van der Waals surface area contributed by atoms with Gasteiger partial charge in [0.1, 0.15) is 23.9 Å². The second-order valence-corrected chi connectivity index (χ2v) is 6.82. The number of carbonyl (C=O) groups is 1. The molecular weight excluding hydrogens is 368 g/mol. The smallest absolute Gasteiger partial charge is 0.289 e.